The van der Waals surface area contributed by atoms with Crippen molar-refractivity contribution in [3.8, 4) is 0 Å². The molecule has 0 radical (unpaired) electrons. The molecule has 1 aliphatic carbocycles. The molecular weight excluding hydrogens is 232 g/mol. The minimum Gasteiger partial charge on any atom is -0.300 e. The number of hydrogen-bond donors (Lipinski definition) is 0. The van der Waals surface area contributed by atoms with Crippen molar-refractivity contribution in [3.63, 3.8) is 0 Å². The third kappa shape index (κ3) is 9.92. The van der Waals surface area contributed by atoms with Gasteiger partial charge in [0.2, 0.25) is 0 Å². The van der Waals surface area contributed by atoms with Gasteiger partial charge in [-0.25, -0.2) is 0 Å². The molecule has 0 amide bonds. The van der Waals surface area contributed by atoms with Gasteiger partial charge in [-0.05, 0) is 38.0 Å². The summed E-state index contributed by atoms with van der Waals surface area (Å²) in [4.78, 5) is 11.8. The Morgan fingerprint density at radius 1 is 0.842 bits per heavy atom. The number of allylic oxidation sites excluding steroid dienone is 2. The molecule has 110 valence electrons. The van der Waals surface area contributed by atoms with Crippen molar-refractivity contribution in [3.05, 3.63) is 12.2 Å². The van der Waals surface area contributed by atoms with Crippen LogP contribution in [-0.2, 0) is 4.79 Å². The zero-order chi connectivity index (χ0) is 13.8. The second-order valence-electron chi connectivity index (χ2n) is 6.26. The van der Waals surface area contributed by atoms with E-state index in [4.69, 9.17) is 0 Å². The standard InChI is InChI=1S/C18H32O/c1-17-13-11-9-7-5-3-2-4-6-8-10-12-14-18(19)16-15-17/h9,11,17H,2-8,10,12-16H2,1H3/b11-9-. The smallest absolute Gasteiger partial charge is 0.132 e. The number of ketones is 1. The van der Waals surface area contributed by atoms with Gasteiger partial charge in [0.05, 0.1) is 0 Å². The summed E-state index contributed by atoms with van der Waals surface area (Å²) in [7, 11) is 0. The lowest BCUT2D eigenvalue weighted by Gasteiger charge is -2.07. The van der Waals surface area contributed by atoms with Crippen LogP contribution in [0.5, 0.6) is 0 Å². The molecule has 0 bridgehead atoms. The molecule has 0 fully saturated rings. The maximum atomic E-state index is 11.8. The summed E-state index contributed by atoms with van der Waals surface area (Å²) in [6.07, 6.45) is 20.3. The van der Waals surface area contributed by atoms with Gasteiger partial charge in [0.1, 0.15) is 5.78 Å². The Hall–Kier alpha value is -0.590. The Balaban J connectivity index is 2.27. The lowest BCUT2D eigenvalue weighted by molar-refractivity contribution is -0.119. The van der Waals surface area contributed by atoms with Crippen LogP contribution in [0.1, 0.15) is 90.4 Å². The van der Waals surface area contributed by atoms with Gasteiger partial charge in [0.25, 0.3) is 0 Å². The molecular formula is C18H32O. The zero-order valence-electron chi connectivity index (χ0n) is 12.8. The van der Waals surface area contributed by atoms with Gasteiger partial charge in [0, 0.05) is 12.8 Å². The summed E-state index contributed by atoms with van der Waals surface area (Å²) < 4.78 is 0. The molecule has 0 saturated carbocycles. The first kappa shape index (κ1) is 16.5. The molecule has 1 aliphatic rings. The molecule has 1 atom stereocenters. The molecule has 1 nitrogen and oxygen atoms in total. The van der Waals surface area contributed by atoms with E-state index in [1.54, 1.807) is 0 Å². The monoisotopic (exact) mass is 264 g/mol. The van der Waals surface area contributed by atoms with Crippen LogP contribution in [-0.4, -0.2) is 5.78 Å². The molecule has 1 rings (SSSR count). The molecule has 19 heavy (non-hydrogen) atoms. The zero-order valence-corrected chi connectivity index (χ0v) is 12.8. The van der Waals surface area contributed by atoms with Crippen molar-refractivity contribution in [2.75, 3.05) is 0 Å². The predicted octanol–water partition coefficient (Wildman–Crippen LogP) is 5.83. The van der Waals surface area contributed by atoms with Crippen LogP contribution in [0.3, 0.4) is 0 Å². The van der Waals surface area contributed by atoms with Crippen LogP contribution < -0.4 is 0 Å². The number of Topliss-reactive ketones (excluding diaryl/α,β-unsaturated/α-hetero) is 1. The molecule has 1 heteroatoms. The largest absolute Gasteiger partial charge is 0.300 e. The maximum absolute atomic E-state index is 11.8. The van der Waals surface area contributed by atoms with Gasteiger partial charge in [0.15, 0.2) is 0 Å². The summed E-state index contributed by atoms with van der Waals surface area (Å²) in [5.74, 6) is 1.15. The van der Waals surface area contributed by atoms with Crippen LogP contribution in [0.15, 0.2) is 12.2 Å². The van der Waals surface area contributed by atoms with E-state index in [9.17, 15) is 4.79 Å². The Bertz CT molecular complexity index is 254. The molecule has 0 N–H and O–H groups in total. The van der Waals surface area contributed by atoms with Gasteiger partial charge in [-0.3, -0.25) is 4.79 Å². The van der Waals surface area contributed by atoms with Crippen molar-refractivity contribution in [2.45, 2.75) is 90.4 Å². The second-order valence-corrected chi connectivity index (χ2v) is 6.26. The lowest BCUT2D eigenvalue weighted by atomic mass is 9.98. The van der Waals surface area contributed by atoms with Gasteiger partial charge in [-0.15, -0.1) is 0 Å². The van der Waals surface area contributed by atoms with E-state index in [0.717, 1.165) is 32.1 Å². The van der Waals surface area contributed by atoms with E-state index in [1.165, 1.54) is 51.4 Å². The maximum Gasteiger partial charge on any atom is 0.132 e. The summed E-state index contributed by atoms with van der Waals surface area (Å²) in [5, 5.41) is 0. The van der Waals surface area contributed by atoms with E-state index in [1.807, 2.05) is 0 Å². The average Bonchev–Trinajstić information content (AvgIpc) is 2.41. The van der Waals surface area contributed by atoms with Crippen LogP contribution in [0.2, 0.25) is 0 Å². The summed E-state index contributed by atoms with van der Waals surface area (Å²) in [5.41, 5.74) is 0. The highest BCUT2D eigenvalue weighted by atomic mass is 16.1. The first-order chi connectivity index (χ1) is 9.29. The third-order valence-electron chi connectivity index (χ3n) is 4.20. The fourth-order valence-electron chi connectivity index (χ4n) is 2.74. The van der Waals surface area contributed by atoms with Crippen molar-refractivity contribution >= 4 is 5.78 Å². The first-order valence-electron chi connectivity index (χ1n) is 8.45. The molecule has 0 aromatic carbocycles. The van der Waals surface area contributed by atoms with Gasteiger partial charge >= 0.3 is 0 Å². The van der Waals surface area contributed by atoms with Crippen molar-refractivity contribution in [1.82, 2.24) is 0 Å². The summed E-state index contributed by atoms with van der Waals surface area (Å²) in [6.45, 7) is 2.27. The molecule has 0 spiro atoms. The summed E-state index contributed by atoms with van der Waals surface area (Å²) >= 11 is 0. The van der Waals surface area contributed by atoms with Crippen LogP contribution in [0.25, 0.3) is 0 Å². The molecule has 0 aliphatic heterocycles. The van der Waals surface area contributed by atoms with Gasteiger partial charge in [-0.1, -0.05) is 57.6 Å². The van der Waals surface area contributed by atoms with Crippen molar-refractivity contribution < 1.29 is 4.79 Å². The number of carbonyl (C=O) groups excluding carboxylic acids is 1. The quantitative estimate of drug-likeness (QED) is 0.503. The molecule has 0 aromatic heterocycles. The number of carbonyl (C=O) groups is 1. The van der Waals surface area contributed by atoms with Crippen molar-refractivity contribution in [1.29, 1.82) is 0 Å². The highest BCUT2D eigenvalue weighted by Crippen LogP contribution is 2.16. The SMILES string of the molecule is CC1C/C=C\CCCCCCCCCCC(=O)CC1. The fourth-order valence-corrected chi connectivity index (χ4v) is 2.74. The number of hydrogen-bond acceptors (Lipinski definition) is 1. The van der Waals surface area contributed by atoms with E-state index in [-0.39, 0.29) is 0 Å². The van der Waals surface area contributed by atoms with Crippen LogP contribution in [0, 0.1) is 5.92 Å². The van der Waals surface area contributed by atoms with E-state index in [2.05, 4.69) is 19.1 Å². The van der Waals surface area contributed by atoms with Crippen LogP contribution in [0.4, 0.5) is 0 Å². The van der Waals surface area contributed by atoms with E-state index < -0.39 is 0 Å². The van der Waals surface area contributed by atoms with E-state index in [0.29, 0.717) is 11.7 Å². The second kappa shape index (κ2) is 11.3. The highest BCUT2D eigenvalue weighted by Gasteiger charge is 2.06. The molecule has 0 heterocycles. The Kier molecular flexibility index (Phi) is 9.75. The van der Waals surface area contributed by atoms with Crippen molar-refractivity contribution in [2.24, 2.45) is 5.92 Å². The Labute approximate surface area is 119 Å². The van der Waals surface area contributed by atoms with Gasteiger partial charge in [-0.2, -0.15) is 0 Å². The first-order valence-corrected chi connectivity index (χ1v) is 8.45. The third-order valence-corrected chi connectivity index (χ3v) is 4.20. The highest BCUT2D eigenvalue weighted by molar-refractivity contribution is 5.78. The predicted molar refractivity (Wildman–Crippen MR) is 83.3 cm³/mol. The molecule has 0 aromatic rings. The summed E-state index contributed by atoms with van der Waals surface area (Å²) in [6, 6.07) is 0. The minimum absolute atomic E-state index is 0.486. The average molecular weight is 264 g/mol. The van der Waals surface area contributed by atoms with Crippen LogP contribution >= 0.6 is 0 Å². The topological polar surface area (TPSA) is 17.1 Å². The lowest BCUT2D eigenvalue weighted by Crippen LogP contribution is -2.02. The normalized spacial score (nSPS) is 27.6. The number of rotatable bonds is 0. The van der Waals surface area contributed by atoms with E-state index >= 15 is 0 Å². The Morgan fingerprint density at radius 2 is 1.47 bits per heavy atom. The Morgan fingerprint density at radius 3 is 2.21 bits per heavy atom. The fraction of sp³-hybridized carbons (Fsp3) is 0.833. The van der Waals surface area contributed by atoms with Gasteiger partial charge < -0.3 is 0 Å². The minimum atomic E-state index is 0.486. The molecule has 1 unspecified atom stereocenters. The molecule has 0 saturated heterocycles.